The molecule has 0 spiro atoms. The van der Waals surface area contributed by atoms with Crippen molar-refractivity contribution in [3.63, 3.8) is 0 Å². The molecule has 0 radical (unpaired) electrons. The number of benzene rings is 1. The van der Waals surface area contributed by atoms with Gasteiger partial charge in [-0.15, -0.1) is 0 Å². The van der Waals surface area contributed by atoms with E-state index in [1.807, 2.05) is 6.07 Å². The van der Waals surface area contributed by atoms with Gasteiger partial charge in [-0.3, -0.25) is 0 Å². The van der Waals surface area contributed by atoms with Gasteiger partial charge in [-0.1, -0.05) is 6.42 Å². The molecular formula is C13H16BrNO3. The van der Waals surface area contributed by atoms with Crippen LogP contribution >= 0.6 is 15.9 Å². The zero-order chi connectivity index (χ0) is 12.8. The fourth-order valence-corrected chi connectivity index (χ4v) is 3.25. The molecule has 0 amide bonds. The summed E-state index contributed by atoms with van der Waals surface area (Å²) in [7, 11) is 0. The standard InChI is InChI=1S/C13H16BrNO3/c14-10-11(16)8(13(7-15)2-1-3-13)6-9-12(10)18-5-4-17-9/h6,16H,1-5,7,15H2. The number of hydrogen-bond donors (Lipinski definition) is 2. The highest BCUT2D eigenvalue weighted by molar-refractivity contribution is 9.10. The van der Waals surface area contributed by atoms with Gasteiger partial charge in [0.1, 0.15) is 23.4 Å². The predicted molar refractivity (Wildman–Crippen MR) is 71.4 cm³/mol. The lowest BCUT2D eigenvalue weighted by Gasteiger charge is -2.42. The second-order valence-corrected chi connectivity index (χ2v) is 5.74. The first kappa shape index (κ1) is 12.1. The van der Waals surface area contributed by atoms with E-state index in [4.69, 9.17) is 15.2 Å². The SMILES string of the molecule is NCC1(c2cc3c(c(Br)c2O)OCCO3)CCC1. The third-order valence-corrected chi connectivity index (χ3v) is 4.76. The van der Waals surface area contributed by atoms with E-state index in [1.165, 1.54) is 0 Å². The normalized spacial score (nSPS) is 20.3. The fraction of sp³-hybridized carbons (Fsp3) is 0.538. The van der Waals surface area contributed by atoms with Gasteiger partial charge in [-0.25, -0.2) is 0 Å². The van der Waals surface area contributed by atoms with Crippen LogP contribution in [0.25, 0.3) is 0 Å². The Kier molecular flexibility index (Phi) is 2.90. The average Bonchev–Trinajstić information content (AvgIpc) is 2.35. The molecule has 1 aliphatic heterocycles. The monoisotopic (exact) mass is 313 g/mol. The van der Waals surface area contributed by atoms with E-state index < -0.39 is 0 Å². The Balaban J connectivity index is 2.13. The topological polar surface area (TPSA) is 64.7 Å². The van der Waals surface area contributed by atoms with E-state index in [0.29, 0.717) is 35.7 Å². The van der Waals surface area contributed by atoms with Crippen LogP contribution < -0.4 is 15.2 Å². The zero-order valence-electron chi connectivity index (χ0n) is 10.0. The molecule has 18 heavy (non-hydrogen) atoms. The van der Waals surface area contributed by atoms with E-state index in [0.717, 1.165) is 24.8 Å². The summed E-state index contributed by atoms with van der Waals surface area (Å²) < 4.78 is 11.7. The first-order chi connectivity index (χ1) is 8.68. The Hall–Kier alpha value is -0.940. The molecule has 3 rings (SSSR count). The maximum absolute atomic E-state index is 10.3. The minimum Gasteiger partial charge on any atom is -0.506 e. The molecular weight excluding hydrogens is 298 g/mol. The second kappa shape index (κ2) is 4.31. The van der Waals surface area contributed by atoms with Gasteiger partial charge in [-0.2, -0.15) is 0 Å². The molecule has 98 valence electrons. The zero-order valence-corrected chi connectivity index (χ0v) is 11.6. The van der Waals surface area contributed by atoms with Crippen LogP contribution in [0, 0.1) is 0 Å². The lowest BCUT2D eigenvalue weighted by atomic mass is 9.64. The molecule has 0 saturated heterocycles. The van der Waals surface area contributed by atoms with Crippen molar-refractivity contribution in [1.29, 1.82) is 0 Å². The molecule has 0 atom stereocenters. The molecule has 2 aliphatic rings. The first-order valence-corrected chi connectivity index (χ1v) is 6.99. The smallest absolute Gasteiger partial charge is 0.179 e. The molecule has 0 unspecified atom stereocenters. The predicted octanol–water partition coefficient (Wildman–Crippen LogP) is 2.31. The minimum atomic E-state index is -0.0948. The third-order valence-electron chi connectivity index (χ3n) is 4.02. The number of nitrogens with two attached hydrogens (primary N) is 1. The van der Waals surface area contributed by atoms with E-state index in [1.54, 1.807) is 0 Å². The molecule has 0 aromatic heterocycles. The molecule has 1 aromatic rings. The van der Waals surface area contributed by atoms with Crippen LogP contribution in [0.4, 0.5) is 0 Å². The van der Waals surface area contributed by atoms with Crippen molar-refractivity contribution < 1.29 is 14.6 Å². The molecule has 1 heterocycles. The molecule has 0 bridgehead atoms. The van der Waals surface area contributed by atoms with Crippen molar-refractivity contribution in [2.45, 2.75) is 24.7 Å². The highest BCUT2D eigenvalue weighted by Gasteiger charge is 2.41. The number of fused-ring (bicyclic) bond motifs is 1. The average molecular weight is 314 g/mol. The Morgan fingerprint density at radius 1 is 1.33 bits per heavy atom. The maximum atomic E-state index is 10.3. The number of phenols is 1. The van der Waals surface area contributed by atoms with Crippen LogP contribution in [0.1, 0.15) is 24.8 Å². The highest BCUT2D eigenvalue weighted by atomic mass is 79.9. The molecule has 1 aromatic carbocycles. The van der Waals surface area contributed by atoms with E-state index >= 15 is 0 Å². The molecule has 4 nitrogen and oxygen atoms in total. The third kappa shape index (κ3) is 1.61. The van der Waals surface area contributed by atoms with Crippen LogP contribution in [0.5, 0.6) is 17.2 Å². The number of halogens is 1. The summed E-state index contributed by atoms with van der Waals surface area (Å²) in [4.78, 5) is 0. The number of hydrogen-bond acceptors (Lipinski definition) is 4. The summed E-state index contributed by atoms with van der Waals surface area (Å²) in [6.07, 6.45) is 3.19. The van der Waals surface area contributed by atoms with Crippen molar-refractivity contribution in [1.82, 2.24) is 0 Å². The summed E-state index contributed by atoms with van der Waals surface area (Å²) in [6, 6.07) is 1.89. The fourth-order valence-electron chi connectivity index (χ4n) is 2.73. The van der Waals surface area contributed by atoms with Crippen LogP contribution in [0.15, 0.2) is 10.5 Å². The van der Waals surface area contributed by atoms with Gasteiger partial charge in [0.25, 0.3) is 0 Å². The first-order valence-electron chi connectivity index (χ1n) is 6.19. The van der Waals surface area contributed by atoms with E-state index in [2.05, 4.69) is 15.9 Å². The van der Waals surface area contributed by atoms with Crippen molar-refractivity contribution in [2.24, 2.45) is 5.73 Å². The van der Waals surface area contributed by atoms with Gasteiger partial charge < -0.3 is 20.3 Å². The Morgan fingerprint density at radius 2 is 2.06 bits per heavy atom. The molecule has 1 saturated carbocycles. The molecule has 5 heteroatoms. The van der Waals surface area contributed by atoms with Crippen LogP contribution in [0.3, 0.4) is 0 Å². The quantitative estimate of drug-likeness (QED) is 0.879. The lowest BCUT2D eigenvalue weighted by Crippen LogP contribution is -2.41. The van der Waals surface area contributed by atoms with Gasteiger partial charge in [0.15, 0.2) is 11.5 Å². The van der Waals surface area contributed by atoms with Crippen LogP contribution in [-0.4, -0.2) is 24.9 Å². The Morgan fingerprint density at radius 3 is 2.67 bits per heavy atom. The summed E-state index contributed by atoms with van der Waals surface area (Å²) >= 11 is 3.40. The number of ether oxygens (including phenoxy) is 2. The van der Waals surface area contributed by atoms with Crippen molar-refractivity contribution >= 4 is 15.9 Å². The Labute approximate surface area is 114 Å². The van der Waals surface area contributed by atoms with Gasteiger partial charge in [0.2, 0.25) is 0 Å². The number of aromatic hydroxyl groups is 1. The summed E-state index contributed by atoms with van der Waals surface area (Å²) in [5.41, 5.74) is 6.68. The number of rotatable bonds is 2. The van der Waals surface area contributed by atoms with Gasteiger partial charge in [-0.05, 0) is 34.8 Å². The minimum absolute atomic E-state index is 0.0948. The lowest BCUT2D eigenvalue weighted by molar-refractivity contribution is 0.167. The van der Waals surface area contributed by atoms with E-state index in [-0.39, 0.29) is 11.2 Å². The van der Waals surface area contributed by atoms with Crippen molar-refractivity contribution in [3.05, 3.63) is 16.1 Å². The molecule has 1 aliphatic carbocycles. The van der Waals surface area contributed by atoms with Crippen LogP contribution in [0.2, 0.25) is 0 Å². The van der Waals surface area contributed by atoms with Gasteiger partial charge in [0.05, 0.1) is 0 Å². The van der Waals surface area contributed by atoms with Gasteiger partial charge >= 0.3 is 0 Å². The largest absolute Gasteiger partial charge is 0.506 e. The number of phenolic OH excluding ortho intramolecular Hbond substituents is 1. The van der Waals surface area contributed by atoms with Crippen LogP contribution in [-0.2, 0) is 5.41 Å². The maximum Gasteiger partial charge on any atom is 0.179 e. The van der Waals surface area contributed by atoms with E-state index in [9.17, 15) is 5.11 Å². The van der Waals surface area contributed by atoms with Crippen molar-refractivity contribution in [3.8, 4) is 17.2 Å². The van der Waals surface area contributed by atoms with Crippen molar-refractivity contribution in [2.75, 3.05) is 19.8 Å². The van der Waals surface area contributed by atoms with Gasteiger partial charge in [0, 0.05) is 17.5 Å². The Bertz CT molecular complexity index is 480. The molecule has 1 fully saturated rings. The summed E-state index contributed by atoms with van der Waals surface area (Å²) in [5, 5.41) is 10.3. The second-order valence-electron chi connectivity index (χ2n) is 4.95. The summed E-state index contributed by atoms with van der Waals surface area (Å²) in [6.45, 7) is 1.60. The summed E-state index contributed by atoms with van der Waals surface area (Å²) in [5.74, 6) is 1.53. The highest BCUT2D eigenvalue weighted by Crippen LogP contribution is 2.53. The molecule has 3 N–H and O–H groups in total.